The Kier molecular flexibility index (Phi) is 7.36. The largest absolute Gasteiger partial charge is 0.379 e. The number of nitrogens with zero attached hydrogens (tertiary/aromatic N) is 1. The minimum atomic E-state index is -0.684. The molecule has 0 unspecified atom stereocenters. The van der Waals surface area contributed by atoms with Crippen molar-refractivity contribution in [2.75, 3.05) is 32.8 Å². The molecule has 7 nitrogen and oxygen atoms in total. The fourth-order valence-electron chi connectivity index (χ4n) is 2.86. The molecule has 3 N–H and O–H groups in total. The molecule has 1 heterocycles. The molecule has 0 saturated carbocycles. The summed E-state index contributed by atoms with van der Waals surface area (Å²) < 4.78 is 5.37. The van der Waals surface area contributed by atoms with Crippen molar-refractivity contribution >= 4 is 11.8 Å². The van der Waals surface area contributed by atoms with Gasteiger partial charge in [0.2, 0.25) is 0 Å². The molecule has 0 radical (unpaired) electrons. The van der Waals surface area contributed by atoms with Crippen molar-refractivity contribution in [1.29, 1.82) is 0 Å². The van der Waals surface area contributed by atoms with Gasteiger partial charge in [-0.15, -0.1) is 0 Å². The molecule has 7 heteroatoms. The van der Waals surface area contributed by atoms with Gasteiger partial charge >= 0.3 is 0 Å². The van der Waals surface area contributed by atoms with Gasteiger partial charge in [0, 0.05) is 36.3 Å². The van der Waals surface area contributed by atoms with Gasteiger partial charge in [0.15, 0.2) is 0 Å². The first-order valence-corrected chi connectivity index (χ1v) is 9.36. The van der Waals surface area contributed by atoms with Crippen LogP contribution in [-0.2, 0) is 16.1 Å². The maximum absolute atomic E-state index is 11.9. The highest BCUT2D eigenvalue weighted by Crippen LogP contribution is 2.09. The van der Waals surface area contributed by atoms with Crippen LogP contribution in [0.1, 0.15) is 27.0 Å². The maximum atomic E-state index is 11.9. The van der Waals surface area contributed by atoms with E-state index in [4.69, 9.17) is 9.94 Å². The van der Waals surface area contributed by atoms with Crippen molar-refractivity contribution in [2.24, 2.45) is 0 Å². The van der Waals surface area contributed by atoms with Crippen molar-refractivity contribution in [2.45, 2.75) is 6.54 Å². The van der Waals surface area contributed by atoms with Crippen molar-refractivity contribution in [3.63, 3.8) is 0 Å². The zero-order valence-corrected chi connectivity index (χ0v) is 16.0. The number of ether oxygens (including phenoxy) is 1. The number of morpholine rings is 1. The molecule has 150 valence electrons. The highest BCUT2D eigenvalue weighted by molar-refractivity contribution is 5.96. The standard InChI is InChI=1S/C22H23N3O4/c26-21(24-28)15-23-22(27)20-9-7-18(8-10-20)2-1-17-3-5-19(6-4-17)16-25-11-13-29-14-12-25/h3-10,28H,11-16H2,(H,23,27)(H,24,26). The summed E-state index contributed by atoms with van der Waals surface area (Å²) in [6.07, 6.45) is 0. The Morgan fingerprint density at radius 2 is 1.55 bits per heavy atom. The summed E-state index contributed by atoms with van der Waals surface area (Å²) in [5.74, 6) is 5.12. The average molecular weight is 393 g/mol. The number of hydroxylamine groups is 1. The molecule has 1 aliphatic heterocycles. The van der Waals surface area contributed by atoms with Gasteiger partial charge in [0.1, 0.15) is 0 Å². The van der Waals surface area contributed by atoms with E-state index < -0.39 is 11.8 Å². The summed E-state index contributed by atoms with van der Waals surface area (Å²) in [6.45, 7) is 4.14. The van der Waals surface area contributed by atoms with E-state index in [0.717, 1.165) is 44.0 Å². The lowest BCUT2D eigenvalue weighted by atomic mass is 10.1. The van der Waals surface area contributed by atoms with Gasteiger partial charge in [0.05, 0.1) is 19.8 Å². The lowest BCUT2D eigenvalue weighted by molar-refractivity contribution is -0.128. The molecule has 0 bridgehead atoms. The monoisotopic (exact) mass is 393 g/mol. The third-order valence-electron chi connectivity index (χ3n) is 4.50. The first-order valence-electron chi connectivity index (χ1n) is 9.36. The quantitative estimate of drug-likeness (QED) is 0.403. The minimum Gasteiger partial charge on any atom is -0.379 e. The molecule has 2 aromatic rings. The summed E-state index contributed by atoms with van der Waals surface area (Å²) in [6, 6.07) is 15.0. The van der Waals surface area contributed by atoms with Crippen LogP contribution in [0.5, 0.6) is 0 Å². The van der Waals surface area contributed by atoms with Gasteiger partial charge < -0.3 is 10.1 Å². The number of rotatable bonds is 5. The van der Waals surface area contributed by atoms with Crippen LogP contribution in [0.3, 0.4) is 0 Å². The van der Waals surface area contributed by atoms with Gasteiger partial charge in [-0.3, -0.25) is 19.7 Å². The zero-order valence-electron chi connectivity index (χ0n) is 16.0. The van der Waals surface area contributed by atoms with E-state index in [2.05, 4.69) is 34.2 Å². The Labute approximate surface area is 169 Å². The number of hydrogen-bond donors (Lipinski definition) is 3. The van der Waals surface area contributed by atoms with E-state index in [0.29, 0.717) is 5.56 Å². The second-order valence-corrected chi connectivity index (χ2v) is 6.63. The van der Waals surface area contributed by atoms with E-state index >= 15 is 0 Å². The van der Waals surface area contributed by atoms with E-state index in [1.54, 1.807) is 24.3 Å². The predicted octanol–water partition coefficient (Wildman–Crippen LogP) is 1.15. The number of amides is 2. The molecule has 3 rings (SSSR count). The molecule has 1 fully saturated rings. The van der Waals surface area contributed by atoms with E-state index in [1.807, 2.05) is 12.1 Å². The average Bonchev–Trinajstić information content (AvgIpc) is 2.78. The first kappa shape index (κ1) is 20.6. The molecular formula is C22H23N3O4. The third-order valence-corrected chi connectivity index (χ3v) is 4.50. The Morgan fingerprint density at radius 3 is 2.14 bits per heavy atom. The predicted molar refractivity (Wildman–Crippen MR) is 107 cm³/mol. The van der Waals surface area contributed by atoms with Crippen LogP contribution in [0.2, 0.25) is 0 Å². The van der Waals surface area contributed by atoms with E-state index in [-0.39, 0.29) is 6.54 Å². The van der Waals surface area contributed by atoms with Crippen LogP contribution >= 0.6 is 0 Å². The summed E-state index contributed by atoms with van der Waals surface area (Å²) in [7, 11) is 0. The molecule has 2 amide bonds. The summed E-state index contributed by atoms with van der Waals surface area (Å²) in [4.78, 5) is 25.2. The molecule has 2 aromatic carbocycles. The lowest BCUT2D eigenvalue weighted by Crippen LogP contribution is -2.35. The highest BCUT2D eigenvalue weighted by atomic mass is 16.5. The van der Waals surface area contributed by atoms with Crippen LogP contribution in [0.15, 0.2) is 48.5 Å². The second kappa shape index (κ2) is 10.4. The molecule has 0 spiro atoms. The van der Waals surface area contributed by atoms with Crippen LogP contribution in [0.4, 0.5) is 0 Å². The SMILES string of the molecule is O=C(CNC(=O)c1ccc(C#Cc2ccc(CN3CCOCC3)cc2)cc1)NO. The smallest absolute Gasteiger partial charge is 0.262 e. The molecule has 1 aliphatic rings. The van der Waals surface area contributed by atoms with Gasteiger partial charge in [-0.25, -0.2) is 5.48 Å². The molecule has 29 heavy (non-hydrogen) atoms. The van der Waals surface area contributed by atoms with Crippen LogP contribution in [-0.4, -0.2) is 54.8 Å². The number of hydrogen-bond acceptors (Lipinski definition) is 5. The molecule has 0 atom stereocenters. The van der Waals surface area contributed by atoms with Crippen molar-refractivity contribution in [3.05, 3.63) is 70.8 Å². The fourth-order valence-corrected chi connectivity index (χ4v) is 2.86. The molecule has 1 saturated heterocycles. The van der Waals surface area contributed by atoms with Crippen LogP contribution < -0.4 is 10.8 Å². The fraction of sp³-hybridized carbons (Fsp3) is 0.273. The summed E-state index contributed by atoms with van der Waals surface area (Å²) in [5, 5.41) is 10.8. The van der Waals surface area contributed by atoms with E-state index in [1.165, 1.54) is 11.0 Å². The first-order chi connectivity index (χ1) is 14.1. The number of benzene rings is 2. The number of carbonyl (C=O) groups excluding carboxylic acids is 2. The Hall–Kier alpha value is -3.18. The van der Waals surface area contributed by atoms with Crippen molar-refractivity contribution in [1.82, 2.24) is 15.7 Å². The maximum Gasteiger partial charge on any atom is 0.262 e. The normalized spacial score (nSPS) is 13.8. The Balaban J connectivity index is 1.55. The molecular weight excluding hydrogens is 370 g/mol. The van der Waals surface area contributed by atoms with E-state index in [9.17, 15) is 9.59 Å². The van der Waals surface area contributed by atoms with Gasteiger partial charge in [-0.1, -0.05) is 24.0 Å². The van der Waals surface area contributed by atoms with Gasteiger partial charge in [0.25, 0.3) is 11.8 Å². The molecule has 0 aliphatic carbocycles. The third kappa shape index (κ3) is 6.43. The second-order valence-electron chi connectivity index (χ2n) is 6.63. The van der Waals surface area contributed by atoms with Crippen LogP contribution in [0, 0.1) is 11.8 Å². The highest BCUT2D eigenvalue weighted by Gasteiger charge is 2.10. The number of nitrogens with one attached hydrogen (secondary N) is 2. The number of carbonyl (C=O) groups is 2. The van der Waals surface area contributed by atoms with Crippen molar-refractivity contribution < 1.29 is 19.5 Å². The van der Waals surface area contributed by atoms with Gasteiger partial charge in [-0.2, -0.15) is 0 Å². The Bertz CT molecular complexity index is 892. The zero-order chi connectivity index (χ0) is 20.5. The minimum absolute atomic E-state index is 0.293. The summed E-state index contributed by atoms with van der Waals surface area (Å²) >= 11 is 0. The molecule has 0 aromatic heterocycles. The topological polar surface area (TPSA) is 90.9 Å². The lowest BCUT2D eigenvalue weighted by Gasteiger charge is -2.26. The van der Waals surface area contributed by atoms with Crippen molar-refractivity contribution in [3.8, 4) is 11.8 Å². The summed E-state index contributed by atoms with van der Waals surface area (Å²) in [5.41, 5.74) is 4.83. The Morgan fingerprint density at radius 1 is 0.966 bits per heavy atom. The van der Waals surface area contributed by atoms with Gasteiger partial charge in [-0.05, 0) is 42.0 Å². The van der Waals surface area contributed by atoms with Crippen LogP contribution in [0.25, 0.3) is 0 Å².